The Hall–Kier alpha value is -2.34. The molecule has 1 aromatic carbocycles. The minimum absolute atomic E-state index is 0.217. The Morgan fingerprint density at radius 1 is 1.27 bits per heavy atom. The SMILES string of the molecule is COc1ccc(Nc2nc(-c3cc(C)oc3C)cs2)cc1F. The lowest BCUT2D eigenvalue weighted by molar-refractivity contribution is 0.386. The Morgan fingerprint density at radius 3 is 2.73 bits per heavy atom. The van der Waals surface area contributed by atoms with Crippen LogP contribution in [0, 0.1) is 19.7 Å². The largest absolute Gasteiger partial charge is 0.494 e. The fraction of sp³-hybridized carbons (Fsp3) is 0.188. The predicted molar refractivity (Wildman–Crippen MR) is 85.5 cm³/mol. The van der Waals surface area contributed by atoms with Crippen molar-refractivity contribution >= 4 is 22.2 Å². The van der Waals surface area contributed by atoms with Crippen LogP contribution in [-0.2, 0) is 0 Å². The van der Waals surface area contributed by atoms with E-state index in [-0.39, 0.29) is 5.75 Å². The van der Waals surface area contributed by atoms with Crippen LogP contribution >= 0.6 is 11.3 Å². The van der Waals surface area contributed by atoms with Gasteiger partial charge in [0.2, 0.25) is 0 Å². The first-order valence-corrected chi connectivity index (χ1v) is 7.58. The van der Waals surface area contributed by atoms with E-state index in [0.29, 0.717) is 10.8 Å². The van der Waals surface area contributed by atoms with Gasteiger partial charge in [0.15, 0.2) is 16.7 Å². The van der Waals surface area contributed by atoms with Crippen LogP contribution in [-0.4, -0.2) is 12.1 Å². The maximum atomic E-state index is 13.7. The van der Waals surface area contributed by atoms with Crippen LogP contribution in [0.1, 0.15) is 11.5 Å². The highest BCUT2D eigenvalue weighted by molar-refractivity contribution is 7.14. The number of thiazole rings is 1. The number of rotatable bonds is 4. The van der Waals surface area contributed by atoms with Crippen molar-refractivity contribution < 1.29 is 13.5 Å². The van der Waals surface area contributed by atoms with E-state index < -0.39 is 5.82 Å². The van der Waals surface area contributed by atoms with E-state index in [4.69, 9.17) is 9.15 Å². The summed E-state index contributed by atoms with van der Waals surface area (Å²) in [6.45, 7) is 3.82. The van der Waals surface area contributed by atoms with Gasteiger partial charge in [-0.3, -0.25) is 0 Å². The van der Waals surface area contributed by atoms with Gasteiger partial charge >= 0.3 is 0 Å². The van der Waals surface area contributed by atoms with E-state index in [9.17, 15) is 4.39 Å². The molecule has 2 aromatic heterocycles. The molecule has 0 fully saturated rings. The Bertz CT molecular complexity index is 810. The van der Waals surface area contributed by atoms with Gasteiger partial charge in [-0.2, -0.15) is 0 Å². The summed E-state index contributed by atoms with van der Waals surface area (Å²) in [5.41, 5.74) is 2.44. The van der Waals surface area contributed by atoms with E-state index in [1.807, 2.05) is 25.3 Å². The van der Waals surface area contributed by atoms with Crippen LogP contribution in [0.2, 0.25) is 0 Å². The number of aryl methyl sites for hydroxylation is 2. The van der Waals surface area contributed by atoms with Gasteiger partial charge in [-0.15, -0.1) is 11.3 Å². The summed E-state index contributed by atoms with van der Waals surface area (Å²) in [6.07, 6.45) is 0. The zero-order chi connectivity index (χ0) is 15.7. The first kappa shape index (κ1) is 14.6. The molecule has 114 valence electrons. The smallest absolute Gasteiger partial charge is 0.187 e. The number of furan rings is 1. The van der Waals surface area contributed by atoms with Crippen LogP contribution in [0.5, 0.6) is 5.75 Å². The summed E-state index contributed by atoms with van der Waals surface area (Å²) in [5, 5.41) is 5.73. The molecule has 0 unspecified atom stereocenters. The molecule has 0 spiro atoms. The van der Waals surface area contributed by atoms with E-state index in [1.165, 1.54) is 24.5 Å². The summed E-state index contributed by atoms with van der Waals surface area (Å²) in [5.74, 6) is 1.50. The highest BCUT2D eigenvalue weighted by Crippen LogP contribution is 2.31. The molecular weight excluding hydrogens is 303 g/mol. The van der Waals surface area contributed by atoms with Crippen LogP contribution < -0.4 is 10.1 Å². The van der Waals surface area contributed by atoms with Crippen molar-refractivity contribution in [1.82, 2.24) is 4.98 Å². The number of hydrogen-bond acceptors (Lipinski definition) is 5. The molecule has 4 nitrogen and oxygen atoms in total. The molecule has 0 bridgehead atoms. The van der Waals surface area contributed by atoms with Crippen LogP contribution in [0.4, 0.5) is 15.2 Å². The quantitative estimate of drug-likeness (QED) is 0.742. The summed E-state index contributed by atoms with van der Waals surface area (Å²) in [4.78, 5) is 4.52. The molecule has 3 aromatic rings. The molecule has 22 heavy (non-hydrogen) atoms. The molecule has 0 aliphatic heterocycles. The zero-order valence-corrected chi connectivity index (χ0v) is 13.3. The molecule has 0 radical (unpaired) electrons. The summed E-state index contributed by atoms with van der Waals surface area (Å²) in [6, 6.07) is 6.67. The number of halogens is 1. The van der Waals surface area contributed by atoms with Gasteiger partial charge in [0, 0.05) is 22.7 Å². The van der Waals surface area contributed by atoms with Gasteiger partial charge in [0.05, 0.1) is 12.8 Å². The Morgan fingerprint density at radius 2 is 2.09 bits per heavy atom. The maximum absolute atomic E-state index is 13.7. The lowest BCUT2D eigenvalue weighted by atomic mass is 10.2. The maximum Gasteiger partial charge on any atom is 0.187 e. The number of benzene rings is 1. The van der Waals surface area contributed by atoms with Crippen molar-refractivity contribution in [2.45, 2.75) is 13.8 Å². The third-order valence-corrected chi connectivity index (χ3v) is 3.98. The minimum atomic E-state index is -0.411. The van der Waals surface area contributed by atoms with Crippen molar-refractivity contribution in [2.75, 3.05) is 12.4 Å². The van der Waals surface area contributed by atoms with E-state index in [2.05, 4.69) is 10.3 Å². The second kappa shape index (κ2) is 5.81. The van der Waals surface area contributed by atoms with Crippen molar-refractivity contribution in [1.29, 1.82) is 0 Å². The number of ether oxygens (including phenoxy) is 1. The highest BCUT2D eigenvalue weighted by atomic mass is 32.1. The third-order valence-electron chi connectivity index (χ3n) is 3.22. The standard InChI is InChI=1S/C16H15FN2O2S/c1-9-6-12(10(2)21-9)14-8-22-16(19-14)18-11-4-5-15(20-3)13(17)7-11/h4-8H,1-3H3,(H,18,19). The predicted octanol–water partition coefficient (Wildman–Crippen LogP) is 4.91. The van der Waals surface area contributed by atoms with Gasteiger partial charge in [-0.25, -0.2) is 9.37 Å². The molecule has 6 heteroatoms. The van der Waals surface area contributed by atoms with E-state index in [1.54, 1.807) is 12.1 Å². The average molecular weight is 318 g/mol. The summed E-state index contributed by atoms with van der Waals surface area (Å²) < 4.78 is 24.1. The number of nitrogens with one attached hydrogen (secondary N) is 1. The van der Waals surface area contributed by atoms with Crippen molar-refractivity contribution in [3.05, 3.63) is 47.0 Å². The lowest BCUT2D eigenvalue weighted by Gasteiger charge is -2.05. The zero-order valence-electron chi connectivity index (χ0n) is 12.4. The van der Waals surface area contributed by atoms with Gasteiger partial charge in [0.1, 0.15) is 11.5 Å². The monoisotopic (exact) mass is 318 g/mol. The van der Waals surface area contributed by atoms with Crippen LogP contribution in [0.25, 0.3) is 11.3 Å². The number of methoxy groups -OCH3 is 1. The topological polar surface area (TPSA) is 47.3 Å². The normalized spacial score (nSPS) is 10.7. The molecule has 0 saturated heterocycles. The number of anilines is 2. The van der Waals surface area contributed by atoms with Gasteiger partial charge in [-0.1, -0.05) is 0 Å². The van der Waals surface area contributed by atoms with Crippen LogP contribution in [0.3, 0.4) is 0 Å². The van der Waals surface area contributed by atoms with Gasteiger partial charge < -0.3 is 14.5 Å². The highest BCUT2D eigenvalue weighted by Gasteiger charge is 2.12. The number of hydrogen-bond donors (Lipinski definition) is 1. The molecule has 0 aliphatic carbocycles. The van der Waals surface area contributed by atoms with Crippen molar-refractivity contribution in [3.63, 3.8) is 0 Å². The lowest BCUT2D eigenvalue weighted by Crippen LogP contribution is -1.93. The van der Waals surface area contributed by atoms with Crippen molar-refractivity contribution in [3.8, 4) is 17.0 Å². The second-order valence-electron chi connectivity index (χ2n) is 4.84. The first-order chi connectivity index (χ1) is 10.6. The molecule has 0 aliphatic rings. The first-order valence-electron chi connectivity index (χ1n) is 6.70. The Balaban J connectivity index is 1.82. The number of nitrogens with zero attached hydrogens (tertiary/aromatic N) is 1. The molecule has 2 heterocycles. The Kier molecular flexibility index (Phi) is 3.85. The number of aromatic nitrogens is 1. The fourth-order valence-electron chi connectivity index (χ4n) is 2.21. The Labute approximate surface area is 131 Å². The van der Waals surface area contributed by atoms with E-state index in [0.717, 1.165) is 22.8 Å². The molecule has 1 N–H and O–H groups in total. The summed E-state index contributed by atoms with van der Waals surface area (Å²) >= 11 is 1.46. The van der Waals surface area contributed by atoms with Gasteiger partial charge in [0.25, 0.3) is 0 Å². The molecule has 0 saturated carbocycles. The second-order valence-corrected chi connectivity index (χ2v) is 5.70. The summed E-state index contributed by atoms with van der Waals surface area (Å²) in [7, 11) is 1.44. The average Bonchev–Trinajstić information content (AvgIpc) is 3.05. The fourth-order valence-corrected chi connectivity index (χ4v) is 2.94. The molecule has 0 atom stereocenters. The van der Waals surface area contributed by atoms with Crippen molar-refractivity contribution in [2.24, 2.45) is 0 Å². The molecule has 3 rings (SSSR count). The van der Waals surface area contributed by atoms with Crippen LogP contribution in [0.15, 0.2) is 34.1 Å². The van der Waals surface area contributed by atoms with E-state index >= 15 is 0 Å². The molecule has 0 amide bonds. The minimum Gasteiger partial charge on any atom is -0.494 e. The van der Waals surface area contributed by atoms with Gasteiger partial charge in [-0.05, 0) is 32.0 Å². The molecular formula is C16H15FN2O2S. The third kappa shape index (κ3) is 2.82.